The molecule has 0 N–H and O–H groups in total. The van der Waals surface area contributed by atoms with Crippen LogP contribution in [-0.4, -0.2) is 49.8 Å². The molecule has 1 aliphatic heterocycles. The summed E-state index contributed by atoms with van der Waals surface area (Å²) in [6.07, 6.45) is 0. The molecular formula is C20H22Cl3N3O2S2. The van der Waals surface area contributed by atoms with Crippen molar-refractivity contribution in [1.82, 2.24) is 9.21 Å². The van der Waals surface area contributed by atoms with Gasteiger partial charge in [0, 0.05) is 47.0 Å². The fourth-order valence-electron chi connectivity index (χ4n) is 3.14. The summed E-state index contributed by atoms with van der Waals surface area (Å²) in [5.74, 6) is 0. The Morgan fingerprint density at radius 2 is 1.70 bits per heavy atom. The summed E-state index contributed by atoms with van der Waals surface area (Å²) in [6.45, 7) is 6.39. The number of nitrogens with zero attached hydrogens (tertiary/aromatic N) is 3. The molecule has 2 aromatic carbocycles. The lowest BCUT2D eigenvalue weighted by Gasteiger charge is -2.36. The number of sulfonamides is 1. The van der Waals surface area contributed by atoms with Gasteiger partial charge in [-0.3, -0.25) is 4.90 Å². The van der Waals surface area contributed by atoms with Crippen molar-refractivity contribution in [2.24, 2.45) is 0 Å². The first-order valence-electron chi connectivity index (χ1n) is 9.13. The third-order valence-corrected chi connectivity index (χ3v) is 8.69. The molecule has 0 aromatic heterocycles. The van der Waals surface area contributed by atoms with E-state index in [0.717, 1.165) is 0 Å². The zero-order chi connectivity index (χ0) is 21.2. The lowest BCUT2D eigenvalue weighted by Crippen LogP contribution is -2.50. The molecule has 2 aromatic rings. The van der Waals surface area contributed by atoms with E-state index in [0.29, 0.717) is 57.6 Å². The van der Waals surface area contributed by atoms with Crippen LogP contribution in [0.25, 0.3) is 0 Å². The van der Waals surface area contributed by atoms with Crippen LogP contribution in [0.1, 0.15) is 19.4 Å². The summed E-state index contributed by atoms with van der Waals surface area (Å²) in [5.41, 5.74) is 0.297. The SMILES string of the molecule is CC(C)N1CCN(S(=O)(=O)c2cc(C#N)ccc2Sc2cc(Cl)ccc2Cl)CC1.Cl. The van der Waals surface area contributed by atoms with Crippen LogP contribution in [0.15, 0.2) is 51.1 Å². The molecule has 0 unspecified atom stereocenters. The number of rotatable bonds is 5. The molecule has 1 fully saturated rings. The van der Waals surface area contributed by atoms with Gasteiger partial charge < -0.3 is 0 Å². The third kappa shape index (κ3) is 5.63. The molecule has 1 aliphatic rings. The normalized spacial score (nSPS) is 15.6. The van der Waals surface area contributed by atoms with Gasteiger partial charge in [-0.15, -0.1) is 12.4 Å². The van der Waals surface area contributed by atoms with E-state index in [1.165, 1.54) is 22.1 Å². The second-order valence-electron chi connectivity index (χ2n) is 6.98. The van der Waals surface area contributed by atoms with Gasteiger partial charge in [0.15, 0.2) is 0 Å². The van der Waals surface area contributed by atoms with Crippen molar-refractivity contribution in [3.63, 3.8) is 0 Å². The molecule has 0 bridgehead atoms. The summed E-state index contributed by atoms with van der Waals surface area (Å²) in [7, 11) is -3.76. The second-order valence-corrected chi connectivity index (χ2v) is 10.8. The van der Waals surface area contributed by atoms with E-state index in [9.17, 15) is 13.7 Å². The standard InChI is InChI=1S/C20H21Cl2N3O2S2.ClH/c1-14(2)24-7-9-25(10-8-24)29(26,27)20-11-15(13-23)3-6-18(20)28-19-12-16(21)4-5-17(19)22;/h3-6,11-12,14H,7-10H2,1-2H3;1H. The van der Waals surface area contributed by atoms with Gasteiger partial charge in [0.1, 0.15) is 0 Å². The molecule has 162 valence electrons. The maximum Gasteiger partial charge on any atom is 0.244 e. The smallest absolute Gasteiger partial charge is 0.244 e. The molecular weight excluding hydrogens is 485 g/mol. The molecule has 3 rings (SSSR count). The lowest BCUT2D eigenvalue weighted by molar-refractivity contribution is 0.154. The molecule has 0 radical (unpaired) electrons. The number of hydrogen-bond acceptors (Lipinski definition) is 5. The van der Waals surface area contributed by atoms with Gasteiger partial charge >= 0.3 is 0 Å². The van der Waals surface area contributed by atoms with E-state index in [1.54, 1.807) is 30.3 Å². The van der Waals surface area contributed by atoms with Crippen molar-refractivity contribution in [3.8, 4) is 6.07 Å². The Hall–Kier alpha value is -0.980. The fraction of sp³-hybridized carbons (Fsp3) is 0.350. The number of hydrogen-bond donors (Lipinski definition) is 0. The van der Waals surface area contributed by atoms with E-state index in [2.05, 4.69) is 18.7 Å². The summed E-state index contributed by atoms with van der Waals surface area (Å²) in [6, 6.07) is 12.1. The maximum atomic E-state index is 13.4. The van der Waals surface area contributed by atoms with Crippen LogP contribution in [0, 0.1) is 11.3 Å². The van der Waals surface area contributed by atoms with Crippen LogP contribution in [0.4, 0.5) is 0 Å². The molecule has 1 heterocycles. The maximum absolute atomic E-state index is 13.4. The van der Waals surface area contributed by atoms with Crippen molar-refractivity contribution in [2.45, 2.75) is 34.6 Å². The van der Waals surface area contributed by atoms with Gasteiger partial charge in [-0.25, -0.2) is 8.42 Å². The first-order valence-corrected chi connectivity index (χ1v) is 12.1. The van der Waals surface area contributed by atoms with Crippen molar-refractivity contribution in [3.05, 3.63) is 52.0 Å². The van der Waals surface area contributed by atoms with E-state index >= 15 is 0 Å². The van der Waals surface area contributed by atoms with Crippen molar-refractivity contribution in [2.75, 3.05) is 26.2 Å². The molecule has 0 saturated carbocycles. The van der Waals surface area contributed by atoms with Gasteiger partial charge in [-0.2, -0.15) is 9.57 Å². The van der Waals surface area contributed by atoms with E-state index in [-0.39, 0.29) is 17.3 Å². The monoisotopic (exact) mass is 505 g/mol. The molecule has 10 heteroatoms. The van der Waals surface area contributed by atoms with E-state index < -0.39 is 10.0 Å². The summed E-state index contributed by atoms with van der Waals surface area (Å²) >= 11 is 13.6. The Kier molecular flexibility index (Phi) is 8.90. The van der Waals surface area contributed by atoms with Crippen molar-refractivity contribution in [1.29, 1.82) is 5.26 Å². The predicted molar refractivity (Wildman–Crippen MR) is 124 cm³/mol. The molecule has 5 nitrogen and oxygen atoms in total. The van der Waals surface area contributed by atoms with Crippen LogP contribution < -0.4 is 0 Å². The summed E-state index contributed by atoms with van der Waals surface area (Å²) in [5, 5.41) is 10.3. The fourth-order valence-corrected chi connectivity index (χ4v) is 6.45. The zero-order valence-electron chi connectivity index (χ0n) is 16.5. The second kappa shape index (κ2) is 10.6. The van der Waals surface area contributed by atoms with Gasteiger partial charge in [0.25, 0.3) is 0 Å². The first-order chi connectivity index (χ1) is 13.7. The van der Waals surface area contributed by atoms with Crippen molar-refractivity contribution >= 4 is 57.4 Å². The highest BCUT2D eigenvalue weighted by atomic mass is 35.5. The number of halogens is 3. The van der Waals surface area contributed by atoms with E-state index in [4.69, 9.17) is 23.2 Å². The van der Waals surface area contributed by atoms with Crippen LogP contribution in [0.5, 0.6) is 0 Å². The number of nitriles is 1. The highest BCUT2D eigenvalue weighted by Crippen LogP contribution is 2.39. The Morgan fingerprint density at radius 3 is 2.30 bits per heavy atom. The Bertz CT molecular complexity index is 1050. The van der Waals surface area contributed by atoms with Gasteiger partial charge in [0.05, 0.1) is 21.6 Å². The Balaban J connectivity index is 0.00000320. The first kappa shape index (κ1) is 25.3. The van der Waals surface area contributed by atoms with Crippen molar-refractivity contribution < 1.29 is 8.42 Å². The highest BCUT2D eigenvalue weighted by Gasteiger charge is 2.31. The molecule has 30 heavy (non-hydrogen) atoms. The molecule has 0 atom stereocenters. The van der Waals surface area contributed by atoms with E-state index in [1.807, 2.05) is 6.07 Å². The number of piperazine rings is 1. The Morgan fingerprint density at radius 1 is 1.03 bits per heavy atom. The Labute approximate surface area is 198 Å². The molecule has 0 aliphatic carbocycles. The summed E-state index contributed by atoms with van der Waals surface area (Å²) < 4.78 is 28.3. The van der Waals surface area contributed by atoms with Crippen LogP contribution in [-0.2, 0) is 10.0 Å². The minimum Gasteiger partial charge on any atom is -0.298 e. The third-order valence-electron chi connectivity index (χ3n) is 4.81. The van der Waals surface area contributed by atoms with Gasteiger partial charge in [0.2, 0.25) is 10.0 Å². The van der Waals surface area contributed by atoms with Gasteiger partial charge in [-0.05, 0) is 50.2 Å². The molecule has 1 saturated heterocycles. The number of benzene rings is 2. The average Bonchev–Trinajstić information content (AvgIpc) is 2.71. The topological polar surface area (TPSA) is 64.4 Å². The molecule has 0 amide bonds. The van der Waals surface area contributed by atoms with Crippen LogP contribution in [0.2, 0.25) is 10.0 Å². The minimum absolute atomic E-state index is 0. The zero-order valence-corrected chi connectivity index (χ0v) is 20.5. The lowest BCUT2D eigenvalue weighted by atomic mass is 10.2. The average molecular weight is 507 g/mol. The highest BCUT2D eigenvalue weighted by molar-refractivity contribution is 8.00. The summed E-state index contributed by atoms with van der Waals surface area (Å²) in [4.78, 5) is 3.54. The predicted octanol–water partition coefficient (Wildman–Crippen LogP) is 5.15. The van der Waals surface area contributed by atoms with Gasteiger partial charge in [-0.1, -0.05) is 35.0 Å². The minimum atomic E-state index is -3.76. The van der Waals surface area contributed by atoms with Crippen LogP contribution in [0.3, 0.4) is 0 Å². The largest absolute Gasteiger partial charge is 0.298 e. The quantitative estimate of drug-likeness (QED) is 0.561. The molecule has 0 spiro atoms. The van der Waals surface area contributed by atoms with Crippen LogP contribution >= 0.6 is 47.4 Å².